The number of carbonyl (C=O) groups is 1. The van der Waals surface area contributed by atoms with Gasteiger partial charge in [0.25, 0.3) is 0 Å². The first-order valence-electron chi connectivity index (χ1n) is 2.62. The Bertz CT molecular complexity index is 36.0. The number of ketones is 1. The predicted octanol–water partition coefficient (Wildman–Crippen LogP) is 3.92. The number of carbonyl (C=O) groups excluding carboxylic acids is 1. The van der Waals surface area contributed by atoms with Crippen molar-refractivity contribution in [2.45, 2.75) is 56.4 Å². The van der Waals surface area contributed by atoms with Crippen molar-refractivity contribution in [1.29, 1.82) is 0 Å². The summed E-state index contributed by atoms with van der Waals surface area (Å²) >= 11 is 0. The quantitative estimate of drug-likeness (QED) is 0.511. The summed E-state index contributed by atoms with van der Waals surface area (Å²) < 4.78 is 0. The number of rotatable bonds is 0. The molecule has 0 bridgehead atoms. The highest BCUT2D eigenvalue weighted by atomic mass is 16.1. The van der Waals surface area contributed by atoms with Gasteiger partial charge in [0, 0.05) is 0 Å². The molecule has 0 N–H and O–H groups in total. The smallest absolute Gasteiger partial charge is 0.126 e. The van der Waals surface area contributed by atoms with E-state index in [1.165, 1.54) is 20.3 Å². The predicted molar refractivity (Wildman–Crippen MR) is 52.5 cm³/mol. The average molecular weight is 150 g/mol. The van der Waals surface area contributed by atoms with Gasteiger partial charge in [0.1, 0.15) is 5.78 Å². The van der Waals surface area contributed by atoms with Crippen molar-refractivity contribution < 1.29 is 4.79 Å². The lowest BCUT2D eigenvalue weighted by Crippen LogP contribution is -1.69. The van der Waals surface area contributed by atoms with Gasteiger partial charge in [-0.2, -0.15) is 0 Å². The van der Waals surface area contributed by atoms with Crippen molar-refractivity contribution in [1.82, 2.24) is 0 Å². The Morgan fingerprint density at radius 1 is 1.00 bits per heavy atom. The van der Waals surface area contributed by atoms with Crippen LogP contribution in [0.2, 0.25) is 0 Å². The first-order valence-corrected chi connectivity index (χ1v) is 2.62. The molecule has 68 valence electrons. The Labute approximate surface area is 67.8 Å². The normalized spacial score (nSPS) is 4.40. The molecule has 10 heavy (non-hydrogen) atoms. The fourth-order valence-electron chi connectivity index (χ4n) is 0. The molecule has 0 aromatic heterocycles. The van der Waals surface area contributed by atoms with Crippen molar-refractivity contribution in [3.63, 3.8) is 0 Å². The molecular weight excluding hydrogens is 124 g/mol. The Morgan fingerprint density at radius 3 is 1.00 bits per heavy atom. The van der Waals surface area contributed by atoms with Crippen LogP contribution < -0.4 is 0 Å². The zero-order valence-electron chi connectivity index (χ0n) is 5.62. The van der Waals surface area contributed by atoms with Crippen LogP contribution in [-0.4, -0.2) is 5.78 Å². The molecule has 1 nitrogen and oxygen atoms in total. The summed E-state index contributed by atoms with van der Waals surface area (Å²) in [4.78, 5) is 9.44. The highest BCUT2D eigenvalue weighted by Gasteiger charge is 1.62. The SMILES string of the molecule is C.C.C.CC(C)=O.CCC. The van der Waals surface area contributed by atoms with E-state index in [4.69, 9.17) is 0 Å². The number of hydrogen-bond acceptors (Lipinski definition) is 1. The standard InChI is InChI=1S/C3H6O.C3H8.3CH4/c1-3(2)4;1-3-2;;;/h1-2H3;3H2,1-2H3;3*1H4. The van der Waals surface area contributed by atoms with E-state index in [2.05, 4.69) is 13.8 Å². The van der Waals surface area contributed by atoms with Crippen molar-refractivity contribution in [2.75, 3.05) is 0 Å². The Morgan fingerprint density at radius 2 is 1.00 bits per heavy atom. The molecule has 0 rings (SSSR count). The van der Waals surface area contributed by atoms with Crippen molar-refractivity contribution >= 4 is 5.78 Å². The average Bonchev–Trinajstić information content (AvgIpc) is 1.33. The van der Waals surface area contributed by atoms with Crippen LogP contribution in [0.25, 0.3) is 0 Å². The van der Waals surface area contributed by atoms with Crippen LogP contribution in [0.3, 0.4) is 0 Å². The highest BCUT2D eigenvalue weighted by molar-refractivity contribution is 5.72. The summed E-state index contributed by atoms with van der Waals surface area (Å²) in [5, 5.41) is 0. The summed E-state index contributed by atoms with van der Waals surface area (Å²) in [6, 6.07) is 0. The van der Waals surface area contributed by atoms with Gasteiger partial charge in [0.2, 0.25) is 0 Å². The molecule has 0 amide bonds. The van der Waals surface area contributed by atoms with Crippen LogP contribution >= 0.6 is 0 Å². The van der Waals surface area contributed by atoms with Crippen LogP contribution in [0.4, 0.5) is 0 Å². The third-order valence-corrected chi connectivity index (χ3v) is 0. The minimum absolute atomic E-state index is 0. The lowest BCUT2D eigenvalue weighted by molar-refractivity contribution is -0.114. The fourth-order valence-corrected chi connectivity index (χ4v) is 0. The van der Waals surface area contributed by atoms with Crippen LogP contribution in [0.1, 0.15) is 56.4 Å². The van der Waals surface area contributed by atoms with Crippen LogP contribution in [0.15, 0.2) is 0 Å². The van der Waals surface area contributed by atoms with Gasteiger partial charge in [-0.25, -0.2) is 0 Å². The maximum absolute atomic E-state index is 9.44. The molecule has 0 aliphatic rings. The Kier molecular flexibility index (Phi) is 126. The van der Waals surface area contributed by atoms with Crippen LogP contribution in [-0.2, 0) is 4.79 Å². The van der Waals surface area contributed by atoms with Crippen molar-refractivity contribution in [3.05, 3.63) is 0 Å². The second-order valence-electron chi connectivity index (χ2n) is 1.62. The molecule has 0 heterocycles. The maximum atomic E-state index is 9.44. The molecule has 0 fully saturated rings. The molecule has 0 saturated heterocycles. The Balaban J connectivity index is -0.0000000131. The van der Waals surface area contributed by atoms with Gasteiger partial charge in [0.15, 0.2) is 0 Å². The fraction of sp³-hybridized carbons (Fsp3) is 0.889. The molecule has 0 aromatic carbocycles. The summed E-state index contributed by atoms with van der Waals surface area (Å²) in [6.07, 6.45) is 1.25. The molecule has 1 heteroatoms. The van der Waals surface area contributed by atoms with E-state index in [0.29, 0.717) is 0 Å². The third-order valence-electron chi connectivity index (χ3n) is 0. The summed E-state index contributed by atoms with van der Waals surface area (Å²) in [7, 11) is 0. The summed E-state index contributed by atoms with van der Waals surface area (Å²) in [6.45, 7) is 7.31. The lowest BCUT2D eigenvalue weighted by atomic mass is 10.6. The second kappa shape index (κ2) is 37.9. The molecular formula is C9H26O. The van der Waals surface area contributed by atoms with Gasteiger partial charge in [-0.15, -0.1) is 0 Å². The lowest BCUT2D eigenvalue weighted by Gasteiger charge is -1.56. The van der Waals surface area contributed by atoms with Gasteiger partial charge >= 0.3 is 0 Å². The van der Waals surface area contributed by atoms with Crippen LogP contribution in [0, 0.1) is 0 Å². The zero-order valence-corrected chi connectivity index (χ0v) is 5.62. The minimum Gasteiger partial charge on any atom is -0.300 e. The van der Waals surface area contributed by atoms with Gasteiger partial charge in [-0.05, 0) is 13.8 Å². The van der Waals surface area contributed by atoms with E-state index in [0.717, 1.165) is 0 Å². The molecule has 0 atom stereocenters. The molecule has 0 saturated carbocycles. The molecule has 0 aromatic rings. The Hall–Kier alpha value is -0.330. The van der Waals surface area contributed by atoms with Gasteiger partial charge < -0.3 is 4.79 Å². The molecule has 0 spiro atoms. The van der Waals surface area contributed by atoms with E-state index in [9.17, 15) is 4.79 Å². The topological polar surface area (TPSA) is 17.1 Å². The van der Waals surface area contributed by atoms with E-state index in [1.807, 2.05) is 0 Å². The molecule has 0 aliphatic carbocycles. The third kappa shape index (κ3) is 3130. The first kappa shape index (κ1) is 33.3. The largest absolute Gasteiger partial charge is 0.300 e. The molecule has 0 radical (unpaired) electrons. The maximum Gasteiger partial charge on any atom is 0.126 e. The second-order valence-corrected chi connectivity index (χ2v) is 1.62. The first-order chi connectivity index (χ1) is 3.15. The number of hydrogen-bond donors (Lipinski definition) is 0. The summed E-state index contributed by atoms with van der Waals surface area (Å²) in [5.74, 6) is 0.167. The monoisotopic (exact) mass is 150 g/mol. The van der Waals surface area contributed by atoms with E-state index >= 15 is 0 Å². The van der Waals surface area contributed by atoms with Crippen LogP contribution in [0.5, 0.6) is 0 Å². The summed E-state index contributed by atoms with van der Waals surface area (Å²) in [5.41, 5.74) is 0. The minimum atomic E-state index is 0. The van der Waals surface area contributed by atoms with E-state index in [1.54, 1.807) is 0 Å². The molecule has 0 unspecified atom stereocenters. The highest BCUT2D eigenvalue weighted by Crippen LogP contribution is 1.56. The van der Waals surface area contributed by atoms with Crippen molar-refractivity contribution in [2.24, 2.45) is 0 Å². The van der Waals surface area contributed by atoms with E-state index < -0.39 is 0 Å². The number of Topliss-reactive ketones (excluding diaryl/α,β-unsaturated/α-hetero) is 1. The van der Waals surface area contributed by atoms with Gasteiger partial charge in [-0.3, -0.25) is 0 Å². The molecule has 0 aliphatic heterocycles. The zero-order chi connectivity index (χ0) is 6.28. The van der Waals surface area contributed by atoms with Crippen molar-refractivity contribution in [3.8, 4) is 0 Å². The van der Waals surface area contributed by atoms with Gasteiger partial charge in [-0.1, -0.05) is 42.5 Å². The van der Waals surface area contributed by atoms with E-state index in [-0.39, 0.29) is 28.1 Å². The van der Waals surface area contributed by atoms with Gasteiger partial charge in [0.05, 0.1) is 0 Å².